The monoisotopic (exact) mass is 569 g/mol. The number of rotatable bonds is 10. The molecule has 0 bridgehead atoms. The number of carbonyl (C=O) groups is 3. The first kappa shape index (κ1) is 28.7. The molecule has 1 unspecified atom stereocenters. The van der Waals surface area contributed by atoms with Gasteiger partial charge < -0.3 is 26.0 Å². The lowest BCUT2D eigenvalue weighted by Gasteiger charge is -2.25. The van der Waals surface area contributed by atoms with E-state index in [1.807, 2.05) is 18.2 Å². The van der Waals surface area contributed by atoms with Crippen molar-refractivity contribution in [2.45, 2.75) is 31.1 Å². The Bertz CT molecular complexity index is 1380. The maximum absolute atomic E-state index is 15.0. The van der Waals surface area contributed by atoms with Gasteiger partial charge in [-0.2, -0.15) is 0 Å². The van der Waals surface area contributed by atoms with Crippen LogP contribution in [0.4, 0.5) is 8.78 Å². The van der Waals surface area contributed by atoms with E-state index in [-0.39, 0.29) is 11.4 Å². The molecule has 5 N–H and O–H groups in total. The van der Waals surface area contributed by atoms with Crippen molar-refractivity contribution in [3.8, 4) is 11.5 Å². The molecule has 3 atom stereocenters. The van der Waals surface area contributed by atoms with Gasteiger partial charge in [-0.15, -0.1) is 11.3 Å². The first-order valence-electron chi connectivity index (χ1n) is 12.5. The van der Waals surface area contributed by atoms with Crippen LogP contribution >= 0.6 is 11.3 Å². The number of alkyl halides is 2. The Morgan fingerprint density at radius 3 is 2.45 bits per heavy atom. The highest BCUT2D eigenvalue weighted by atomic mass is 32.1. The number of carbonyl (C=O) groups excluding carboxylic acids is 3. The van der Waals surface area contributed by atoms with Crippen LogP contribution in [-0.4, -0.2) is 59.9 Å². The second-order valence-corrected chi connectivity index (χ2v) is 10.5. The van der Waals surface area contributed by atoms with Gasteiger partial charge in [-0.05, 0) is 49.4 Å². The maximum atomic E-state index is 15.0. The number of halogens is 2. The summed E-state index contributed by atoms with van der Waals surface area (Å²) in [5.41, 5.74) is 3.89. The fourth-order valence-corrected chi connectivity index (χ4v) is 5.21. The van der Waals surface area contributed by atoms with E-state index >= 15 is 0 Å². The van der Waals surface area contributed by atoms with Gasteiger partial charge >= 0.3 is 0 Å². The Morgan fingerprint density at radius 2 is 1.82 bits per heavy atom. The third kappa shape index (κ3) is 6.81. The number of para-hydroxylation sites is 1. The highest BCUT2D eigenvalue weighted by Crippen LogP contribution is 2.32. The standard InChI is InChI=1S/C28H29F2N5O4S/c1-17(23-11-19(14-40-23)25(31)32)34-27(38)22-12-28(30,15-29)16-35(22)24(36)13-33-26(37)18-7-9-21(10-8-18)39-20-5-3-2-4-6-20/h2-11,14,17,22H,12-13,15-16H2,1H3,(H3,31,32)(H,33,37)(H,34,38)/t17?,22-,28-/m0/s1. The number of nitrogens with two attached hydrogens (primary N) is 1. The molecular weight excluding hydrogens is 540 g/mol. The highest BCUT2D eigenvalue weighted by Gasteiger charge is 2.49. The summed E-state index contributed by atoms with van der Waals surface area (Å²) in [6.45, 7) is -0.769. The number of ether oxygens (including phenoxy) is 1. The average Bonchev–Trinajstić information content (AvgIpc) is 3.59. The van der Waals surface area contributed by atoms with Crippen LogP contribution in [0, 0.1) is 5.41 Å². The molecule has 3 aromatic rings. The zero-order valence-electron chi connectivity index (χ0n) is 21.7. The molecule has 3 amide bonds. The van der Waals surface area contributed by atoms with Crippen LogP contribution in [0.1, 0.15) is 40.2 Å². The van der Waals surface area contributed by atoms with E-state index < -0.39 is 61.7 Å². The molecule has 1 aliphatic rings. The fraction of sp³-hybridized carbons (Fsp3) is 0.286. The molecule has 9 nitrogen and oxygen atoms in total. The van der Waals surface area contributed by atoms with Crippen LogP contribution in [0.5, 0.6) is 11.5 Å². The number of nitrogen functional groups attached to an aromatic ring is 1. The Hall–Kier alpha value is -4.32. The Labute approximate surface area is 233 Å². The summed E-state index contributed by atoms with van der Waals surface area (Å²) in [7, 11) is 0. The number of likely N-dealkylation sites (tertiary alicyclic amines) is 1. The summed E-state index contributed by atoms with van der Waals surface area (Å²) >= 11 is 1.29. The Kier molecular flexibility index (Phi) is 8.78. The summed E-state index contributed by atoms with van der Waals surface area (Å²) in [6.07, 6.45) is -0.506. The number of thiophene rings is 1. The van der Waals surface area contributed by atoms with Gasteiger partial charge in [0, 0.05) is 27.8 Å². The van der Waals surface area contributed by atoms with E-state index in [2.05, 4.69) is 10.6 Å². The van der Waals surface area contributed by atoms with E-state index in [1.54, 1.807) is 42.6 Å². The summed E-state index contributed by atoms with van der Waals surface area (Å²) in [4.78, 5) is 40.3. The van der Waals surface area contributed by atoms with Crippen molar-refractivity contribution >= 4 is 34.9 Å². The van der Waals surface area contributed by atoms with E-state index in [1.165, 1.54) is 23.5 Å². The molecule has 2 aromatic carbocycles. The molecule has 4 rings (SSSR count). The minimum absolute atomic E-state index is 0.114. The molecule has 40 heavy (non-hydrogen) atoms. The predicted molar refractivity (Wildman–Crippen MR) is 147 cm³/mol. The Morgan fingerprint density at radius 1 is 1.15 bits per heavy atom. The molecule has 1 fully saturated rings. The van der Waals surface area contributed by atoms with Crippen molar-refractivity contribution in [1.82, 2.24) is 15.5 Å². The second kappa shape index (κ2) is 12.2. The van der Waals surface area contributed by atoms with Gasteiger partial charge in [-0.25, -0.2) is 8.78 Å². The van der Waals surface area contributed by atoms with Gasteiger partial charge in [0.15, 0.2) is 5.67 Å². The van der Waals surface area contributed by atoms with Gasteiger partial charge in [0.2, 0.25) is 11.8 Å². The first-order chi connectivity index (χ1) is 19.1. The van der Waals surface area contributed by atoms with Gasteiger partial charge in [-0.1, -0.05) is 18.2 Å². The maximum Gasteiger partial charge on any atom is 0.251 e. The smallest absolute Gasteiger partial charge is 0.251 e. The number of nitrogens with one attached hydrogen (secondary N) is 3. The van der Waals surface area contributed by atoms with Crippen molar-refractivity contribution < 1.29 is 27.9 Å². The topological polar surface area (TPSA) is 138 Å². The quantitative estimate of drug-likeness (QED) is 0.218. The van der Waals surface area contributed by atoms with Crippen molar-refractivity contribution in [2.24, 2.45) is 5.73 Å². The average molecular weight is 570 g/mol. The number of benzene rings is 2. The van der Waals surface area contributed by atoms with Crippen LogP contribution in [0.3, 0.4) is 0 Å². The number of hydrogen-bond donors (Lipinski definition) is 4. The predicted octanol–water partition coefficient (Wildman–Crippen LogP) is 3.71. The number of nitrogens with zero attached hydrogens (tertiary/aromatic N) is 1. The number of amidine groups is 1. The Balaban J connectivity index is 1.36. The highest BCUT2D eigenvalue weighted by molar-refractivity contribution is 7.10. The lowest BCUT2D eigenvalue weighted by molar-refractivity contribution is -0.138. The van der Waals surface area contributed by atoms with Crippen LogP contribution in [0.25, 0.3) is 0 Å². The van der Waals surface area contributed by atoms with Gasteiger partial charge in [0.1, 0.15) is 30.1 Å². The second-order valence-electron chi connectivity index (χ2n) is 9.53. The lowest BCUT2D eigenvalue weighted by atomic mass is 10.0. The van der Waals surface area contributed by atoms with E-state index in [0.717, 1.165) is 4.90 Å². The summed E-state index contributed by atoms with van der Waals surface area (Å²) in [6, 6.07) is 15.3. The molecule has 12 heteroatoms. The summed E-state index contributed by atoms with van der Waals surface area (Å²) < 4.78 is 34.2. The molecular formula is C28H29F2N5O4S. The molecule has 0 aliphatic carbocycles. The summed E-state index contributed by atoms with van der Waals surface area (Å²) in [5, 5.41) is 14.4. The fourth-order valence-electron chi connectivity index (χ4n) is 4.29. The minimum atomic E-state index is -2.37. The van der Waals surface area contributed by atoms with Crippen molar-refractivity contribution in [1.29, 1.82) is 5.41 Å². The zero-order valence-corrected chi connectivity index (χ0v) is 22.5. The molecule has 0 saturated carbocycles. The largest absolute Gasteiger partial charge is 0.457 e. The van der Waals surface area contributed by atoms with Gasteiger partial charge in [-0.3, -0.25) is 19.8 Å². The van der Waals surface area contributed by atoms with Crippen LogP contribution in [-0.2, 0) is 9.59 Å². The third-order valence-electron chi connectivity index (χ3n) is 6.46. The van der Waals surface area contributed by atoms with E-state index in [4.69, 9.17) is 15.9 Å². The van der Waals surface area contributed by atoms with E-state index in [9.17, 15) is 23.2 Å². The number of hydrogen-bond acceptors (Lipinski definition) is 6. The SMILES string of the molecule is CC(NC(=O)[C@@H]1C[C@](F)(CF)CN1C(=O)CNC(=O)c1ccc(Oc2ccccc2)cc1)c1cc(C(=N)N)cs1. The first-order valence-corrected chi connectivity index (χ1v) is 13.4. The van der Waals surface area contributed by atoms with E-state index in [0.29, 0.717) is 21.9 Å². The van der Waals surface area contributed by atoms with Crippen molar-refractivity contribution in [3.05, 3.63) is 82.0 Å². The van der Waals surface area contributed by atoms with Crippen LogP contribution < -0.4 is 21.1 Å². The molecule has 0 spiro atoms. The molecule has 1 aromatic heterocycles. The van der Waals surface area contributed by atoms with Crippen LogP contribution in [0.15, 0.2) is 66.0 Å². The molecule has 0 radical (unpaired) electrons. The lowest BCUT2D eigenvalue weighted by Crippen LogP contribution is -2.49. The van der Waals surface area contributed by atoms with Gasteiger partial charge in [0.25, 0.3) is 5.91 Å². The zero-order chi connectivity index (χ0) is 28.9. The van der Waals surface area contributed by atoms with Gasteiger partial charge in [0.05, 0.1) is 19.1 Å². The normalized spacial score (nSPS) is 19.1. The molecule has 1 saturated heterocycles. The molecule has 1 aliphatic heterocycles. The van der Waals surface area contributed by atoms with Crippen LogP contribution in [0.2, 0.25) is 0 Å². The van der Waals surface area contributed by atoms with Crippen molar-refractivity contribution in [3.63, 3.8) is 0 Å². The third-order valence-corrected chi connectivity index (χ3v) is 7.58. The summed E-state index contributed by atoms with van der Waals surface area (Å²) in [5.74, 6) is -0.872. The van der Waals surface area contributed by atoms with Crippen molar-refractivity contribution in [2.75, 3.05) is 19.8 Å². The minimum Gasteiger partial charge on any atom is -0.457 e. The molecule has 2 heterocycles. The number of amides is 3. The molecule has 210 valence electrons.